The Kier molecular flexibility index (Phi) is 5.96. The van der Waals surface area contributed by atoms with Crippen molar-refractivity contribution in [2.24, 2.45) is 5.14 Å². The van der Waals surface area contributed by atoms with Gasteiger partial charge in [-0.1, -0.05) is 11.6 Å². The van der Waals surface area contributed by atoms with Crippen molar-refractivity contribution in [3.05, 3.63) is 52.3 Å². The molecule has 1 aromatic carbocycles. The molecule has 1 heterocycles. The number of esters is 1. The quantitative estimate of drug-likeness (QED) is 0.584. The summed E-state index contributed by atoms with van der Waals surface area (Å²) in [7, 11) is -4.00. The lowest BCUT2D eigenvalue weighted by Gasteiger charge is -2.11. The fourth-order valence-corrected chi connectivity index (χ4v) is 3.17. The lowest BCUT2D eigenvalue weighted by Crippen LogP contribution is -2.22. The number of anilines is 1. The van der Waals surface area contributed by atoms with Gasteiger partial charge in [-0.3, -0.25) is 4.79 Å². The number of sulfonamides is 1. The Labute approximate surface area is 155 Å². The van der Waals surface area contributed by atoms with E-state index in [2.05, 4.69) is 10.3 Å². The standard InChI is InChI=1S/C16H16ClN3O5S/c1-9-6-11(7-13(10(9)2)26(18,23)24)16(22)25-8-14(21)20-12-4-3-5-19-15(12)17/h3-7H,8H2,1-2H3,(H,20,21)(H2,18,23,24). The van der Waals surface area contributed by atoms with Gasteiger partial charge < -0.3 is 10.1 Å². The molecule has 3 N–H and O–H groups in total. The van der Waals surface area contributed by atoms with Gasteiger partial charge in [0.1, 0.15) is 0 Å². The van der Waals surface area contributed by atoms with E-state index in [9.17, 15) is 18.0 Å². The third kappa shape index (κ3) is 4.78. The molecule has 0 saturated heterocycles. The monoisotopic (exact) mass is 397 g/mol. The molecule has 26 heavy (non-hydrogen) atoms. The van der Waals surface area contributed by atoms with Crippen LogP contribution in [0.5, 0.6) is 0 Å². The van der Waals surface area contributed by atoms with Crippen molar-refractivity contribution in [3.8, 4) is 0 Å². The Hall–Kier alpha value is -2.49. The highest BCUT2D eigenvalue weighted by molar-refractivity contribution is 7.89. The van der Waals surface area contributed by atoms with Crippen molar-refractivity contribution in [2.75, 3.05) is 11.9 Å². The van der Waals surface area contributed by atoms with Crippen molar-refractivity contribution < 1.29 is 22.7 Å². The summed E-state index contributed by atoms with van der Waals surface area (Å²) in [6.07, 6.45) is 1.46. The van der Waals surface area contributed by atoms with E-state index in [4.69, 9.17) is 21.5 Å². The van der Waals surface area contributed by atoms with Crippen molar-refractivity contribution in [1.82, 2.24) is 4.98 Å². The molecule has 2 aromatic rings. The first-order chi connectivity index (χ1) is 12.1. The molecule has 0 bridgehead atoms. The van der Waals surface area contributed by atoms with Crippen LogP contribution in [0.3, 0.4) is 0 Å². The summed E-state index contributed by atoms with van der Waals surface area (Å²) in [6.45, 7) is 2.63. The number of aromatic nitrogens is 1. The van der Waals surface area contributed by atoms with E-state index in [0.717, 1.165) is 6.07 Å². The summed E-state index contributed by atoms with van der Waals surface area (Å²) in [5.41, 5.74) is 1.24. The maximum atomic E-state index is 12.1. The fourth-order valence-electron chi connectivity index (χ4n) is 2.12. The second kappa shape index (κ2) is 7.81. The van der Waals surface area contributed by atoms with Crippen LogP contribution in [-0.2, 0) is 19.6 Å². The van der Waals surface area contributed by atoms with Crippen LogP contribution >= 0.6 is 11.6 Å². The lowest BCUT2D eigenvalue weighted by atomic mass is 10.1. The zero-order valence-electron chi connectivity index (χ0n) is 13.9. The SMILES string of the molecule is Cc1cc(C(=O)OCC(=O)Nc2cccnc2Cl)cc(S(N)(=O)=O)c1C. The molecule has 0 spiro atoms. The Morgan fingerprint density at radius 3 is 2.62 bits per heavy atom. The number of halogens is 1. The molecule has 10 heteroatoms. The molecule has 8 nitrogen and oxygen atoms in total. The van der Waals surface area contributed by atoms with Gasteiger partial charge in [-0.05, 0) is 49.2 Å². The van der Waals surface area contributed by atoms with Gasteiger partial charge in [0.2, 0.25) is 10.0 Å². The minimum Gasteiger partial charge on any atom is -0.452 e. The number of pyridine rings is 1. The van der Waals surface area contributed by atoms with Gasteiger partial charge in [-0.25, -0.2) is 23.3 Å². The zero-order valence-corrected chi connectivity index (χ0v) is 15.5. The Bertz CT molecular complexity index is 976. The number of hydrogen-bond donors (Lipinski definition) is 2. The Morgan fingerprint density at radius 1 is 1.31 bits per heavy atom. The lowest BCUT2D eigenvalue weighted by molar-refractivity contribution is -0.119. The summed E-state index contributed by atoms with van der Waals surface area (Å²) in [6, 6.07) is 5.70. The molecular weight excluding hydrogens is 382 g/mol. The van der Waals surface area contributed by atoms with E-state index in [1.807, 2.05) is 0 Å². The number of benzene rings is 1. The van der Waals surface area contributed by atoms with Crippen LogP contribution < -0.4 is 10.5 Å². The number of amides is 1. The molecule has 0 radical (unpaired) electrons. The number of nitrogens with zero attached hydrogens (tertiary/aromatic N) is 1. The van der Waals surface area contributed by atoms with E-state index >= 15 is 0 Å². The molecule has 0 aliphatic rings. The number of carbonyl (C=O) groups is 2. The number of hydrogen-bond acceptors (Lipinski definition) is 6. The molecule has 1 aromatic heterocycles. The van der Waals surface area contributed by atoms with Crippen molar-refractivity contribution >= 4 is 39.2 Å². The van der Waals surface area contributed by atoms with Crippen molar-refractivity contribution in [3.63, 3.8) is 0 Å². The number of ether oxygens (including phenoxy) is 1. The second-order valence-corrected chi connectivity index (χ2v) is 7.32. The number of carbonyl (C=O) groups excluding carboxylic acids is 2. The first-order valence-electron chi connectivity index (χ1n) is 7.31. The molecule has 0 atom stereocenters. The van der Waals surface area contributed by atoms with Gasteiger partial charge in [-0.2, -0.15) is 0 Å². The highest BCUT2D eigenvalue weighted by atomic mass is 35.5. The molecule has 0 saturated carbocycles. The summed E-state index contributed by atoms with van der Waals surface area (Å²) in [5, 5.41) is 7.70. The highest BCUT2D eigenvalue weighted by Gasteiger charge is 2.19. The van der Waals surface area contributed by atoms with Crippen LogP contribution in [0.25, 0.3) is 0 Å². The average molecular weight is 398 g/mol. The number of rotatable bonds is 5. The minimum atomic E-state index is -4.00. The van der Waals surface area contributed by atoms with E-state index in [-0.39, 0.29) is 21.3 Å². The largest absolute Gasteiger partial charge is 0.452 e. The number of nitrogens with two attached hydrogens (primary N) is 1. The van der Waals surface area contributed by atoms with Gasteiger partial charge >= 0.3 is 5.97 Å². The van der Waals surface area contributed by atoms with Gasteiger partial charge in [0, 0.05) is 6.20 Å². The van der Waals surface area contributed by atoms with Crippen LogP contribution in [0.4, 0.5) is 5.69 Å². The third-order valence-electron chi connectivity index (χ3n) is 3.53. The minimum absolute atomic E-state index is 0.0238. The molecular formula is C16H16ClN3O5S. The van der Waals surface area contributed by atoms with Gasteiger partial charge in [0.15, 0.2) is 11.8 Å². The Morgan fingerprint density at radius 2 is 2.00 bits per heavy atom. The van der Waals surface area contributed by atoms with Crippen molar-refractivity contribution in [2.45, 2.75) is 18.7 Å². The maximum Gasteiger partial charge on any atom is 0.338 e. The van der Waals surface area contributed by atoms with E-state index in [1.54, 1.807) is 19.9 Å². The molecule has 0 fully saturated rings. The molecule has 0 aliphatic heterocycles. The maximum absolute atomic E-state index is 12.1. The second-order valence-electron chi connectivity index (χ2n) is 5.43. The summed E-state index contributed by atoms with van der Waals surface area (Å²) < 4.78 is 28.2. The average Bonchev–Trinajstić information content (AvgIpc) is 2.56. The molecule has 2 rings (SSSR count). The fraction of sp³-hybridized carbons (Fsp3) is 0.188. The molecule has 0 unspecified atom stereocenters. The van der Waals surface area contributed by atoms with E-state index in [0.29, 0.717) is 11.1 Å². The molecule has 1 amide bonds. The number of aryl methyl sites for hydroxylation is 1. The summed E-state index contributed by atoms with van der Waals surface area (Å²) in [4.78, 5) is 27.6. The normalized spacial score (nSPS) is 11.1. The van der Waals surface area contributed by atoms with Gasteiger partial charge in [-0.15, -0.1) is 0 Å². The predicted octanol–water partition coefficient (Wildman–Crippen LogP) is 1.79. The van der Waals surface area contributed by atoms with E-state index < -0.39 is 28.5 Å². The first kappa shape index (κ1) is 19.8. The van der Waals surface area contributed by atoms with Crippen LogP contribution in [0.2, 0.25) is 5.15 Å². The zero-order chi connectivity index (χ0) is 19.5. The number of primary sulfonamides is 1. The number of nitrogens with one attached hydrogen (secondary N) is 1. The first-order valence-corrected chi connectivity index (χ1v) is 9.23. The third-order valence-corrected chi connectivity index (χ3v) is 4.87. The van der Waals surface area contributed by atoms with Crippen LogP contribution in [0.1, 0.15) is 21.5 Å². The summed E-state index contributed by atoms with van der Waals surface area (Å²) in [5.74, 6) is -1.48. The predicted molar refractivity (Wildman–Crippen MR) is 95.4 cm³/mol. The molecule has 0 aliphatic carbocycles. The summed E-state index contributed by atoms with van der Waals surface area (Å²) >= 11 is 5.82. The van der Waals surface area contributed by atoms with Gasteiger partial charge in [0.25, 0.3) is 5.91 Å². The van der Waals surface area contributed by atoms with Crippen LogP contribution in [0, 0.1) is 13.8 Å². The van der Waals surface area contributed by atoms with Gasteiger partial charge in [0.05, 0.1) is 16.1 Å². The van der Waals surface area contributed by atoms with Crippen molar-refractivity contribution in [1.29, 1.82) is 0 Å². The molecule has 138 valence electrons. The highest BCUT2D eigenvalue weighted by Crippen LogP contribution is 2.21. The van der Waals surface area contributed by atoms with Crippen LogP contribution in [0.15, 0.2) is 35.4 Å². The topological polar surface area (TPSA) is 128 Å². The van der Waals surface area contributed by atoms with Crippen LogP contribution in [-0.4, -0.2) is 31.9 Å². The van der Waals surface area contributed by atoms with E-state index in [1.165, 1.54) is 18.3 Å². The smallest absolute Gasteiger partial charge is 0.338 e. The Balaban J connectivity index is 2.10.